The molecule has 7 atom stereocenters. The maximum absolute atomic E-state index is 13.9. The van der Waals surface area contributed by atoms with Crippen molar-refractivity contribution in [2.75, 3.05) is 31.2 Å². The molecule has 2 aromatic rings. The molecule has 3 aliphatic heterocycles. The fraction of sp³-hybridized carbons (Fsp3) is 0.583. The van der Waals surface area contributed by atoms with E-state index in [9.17, 15) is 18.3 Å². The van der Waals surface area contributed by atoms with Crippen LogP contribution >= 0.6 is 11.6 Å². The second-order valence-electron chi connectivity index (χ2n) is 14.3. The van der Waals surface area contributed by atoms with Gasteiger partial charge in [-0.1, -0.05) is 36.7 Å². The highest BCUT2D eigenvalue weighted by molar-refractivity contribution is 7.90. The Morgan fingerprint density at radius 3 is 2.78 bits per heavy atom. The van der Waals surface area contributed by atoms with Crippen LogP contribution in [-0.4, -0.2) is 63.2 Å². The highest BCUT2D eigenvalue weighted by Gasteiger charge is 2.44. The highest BCUT2D eigenvalue weighted by atomic mass is 35.5. The summed E-state index contributed by atoms with van der Waals surface area (Å²) < 4.78 is 42.5. The van der Waals surface area contributed by atoms with Crippen molar-refractivity contribution >= 4 is 33.2 Å². The highest BCUT2D eigenvalue weighted by Crippen LogP contribution is 2.47. The first-order chi connectivity index (χ1) is 22.1. The molecule has 10 heteroatoms. The summed E-state index contributed by atoms with van der Waals surface area (Å²) >= 11 is 6.41. The number of nitrogens with one attached hydrogen (secondary N) is 1. The van der Waals surface area contributed by atoms with E-state index in [1.54, 1.807) is 18.2 Å². The first-order valence-electron chi connectivity index (χ1n) is 16.9. The molecule has 2 aromatic carbocycles. The average molecular weight is 669 g/mol. The molecule has 1 spiro atoms. The number of aliphatic hydroxyl groups is 1. The number of sulfonamides is 1. The van der Waals surface area contributed by atoms with Gasteiger partial charge in [0.25, 0.3) is 5.91 Å². The Morgan fingerprint density at radius 2 is 2.00 bits per heavy atom. The van der Waals surface area contributed by atoms with E-state index in [-0.39, 0.29) is 34.8 Å². The van der Waals surface area contributed by atoms with Crippen molar-refractivity contribution in [3.63, 3.8) is 0 Å². The van der Waals surface area contributed by atoms with Gasteiger partial charge in [-0.2, -0.15) is 0 Å². The number of carbonyl (C=O) groups is 1. The molecule has 46 heavy (non-hydrogen) atoms. The number of benzene rings is 2. The molecule has 0 radical (unpaired) electrons. The predicted octanol–water partition coefficient (Wildman–Crippen LogP) is 5.79. The number of allylic oxidation sites excluding steroid dienone is 1. The quantitative estimate of drug-likeness (QED) is 0.390. The summed E-state index contributed by atoms with van der Waals surface area (Å²) in [6.07, 6.45) is 10.4. The first kappa shape index (κ1) is 32.0. The fourth-order valence-electron chi connectivity index (χ4n) is 8.55. The lowest BCUT2D eigenvalue weighted by atomic mass is 9.68. The number of amides is 1. The molecule has 4 unspecified atom stereocenters. The lowest BCUT2D eigenvalue weighted by Gasteiger charge is -2.45. The van der Waals surface area contributed by atoms with E-state index < -0.39 is 27.3 Å². The largest absolute Gasteiger partial charge is 0.490 e. The number of aryl methyl sites for hydroxylation is 1. The van der Waals surface area contributed by atoms with Crippen LogP contribution in [-0.2, 0) is 26.6 Å². The van der Waals surface area contributed by atoms with Crippen LogP contribution in [0.5, 0.6) is 5.75 Å². The summed E-state index contributed by atoms with van der Waals surface area (Å²) in [4.78, 5) is 16.0. The Kier molecular flexibility index (Phi) is 8.89. The standard InChI is InChI=1S/C36H45ClN2O6S/c1-23-5-2-8-32(40)29-12-9-26(29)20-39-21-36(15-3-6-24-17-27(37)11-13-30(24)36)22-45-33-14-10-25(18-31(33)39)35(41)38-46(42,43)34(23)19-28-7-4-16-44-28/h2,8,10-11,13-14,17-18,23,26,28-29,32,34,40H,3-7,9,12,15-16,19-22H2,1H3,(H,38,41)/t23?,26-,28+,29?,32?,34-,36?/m0/s1. The van der Waals surface area contributed by atoms with Gasteiger partial charge in [-0.05, 0) is 117 Å². The lowest BCUT2D eigenvalue weighted by Crippen LogP contribution is -2.49. The molecule has 2 fully saturated rings. The van der Waals surface area contributed by atoms with Crippen LogP contribution in [0.2, 0.25) is 5.02 Å². The zero-order chi connectivity index (χ0) is 32.1. The molecule has 2 aliphatic carbocycles. The number of halogens is 1. The van der Waals surface area contributed by atoms with Gasteiger partial charge in [-0.3, -0.25) is 4.79 Å². The molecular formula is C36H45ClN2O6S. The van der Waals surface area contributed by atoms with E-state index in [1.807, 2.05) is 25.1 Å². The molecular weight excluding hydrogens is 624 g/mol. The molecule has 8 nitrogen and oxygen atoms in total. The third-order valence-corrected chi connectivity index (χ3v) is 13.5. The number of carbonyl (C=O) groups excluding carboxylic acids is 1. The minimum atomic E-state index is -4.04. The topological polar surface area (TPSA) is 105 Å². The van der Waals surface area contributed by atoms with Crippen molar-refractivity contribution in [2.45, 2.75) is 87.6 Å². The zero-order valence-electron chi connectivity index (χ0n) is 26.5. The summed E-state index contributed by atoms with van der Waals surface area (Å²) in [7, 11) is -4.04. The zero-order valence-corrected chi connectivity index (χ0v) is 28.1. The van der Waals surface area contributed by atoms with Gasteiger partial charge in [0.1, 0.15) is 5.75 Å². The third-order valence-electron chi connectivity index (χ3n) is 11.3. The first-order valence-corrected chi connectivity index (χ1v) is 18.9. The number of rotatable bonds is 2. The average Bonchev–Trinajstić information content (AvgIpc) is 3.47. The van der Waals surface area contributed by atoms with Crippen molar-refractivity contribution in [3.05, 3.63) is 70.3 Å². The summed E-state index contributed by atoms with van der Waals surface area (Å²) in [5.41, 5.74) is 3.31. The number of nitrogens with zero attached hydrogens (tertiary/aromatic N) is 1. The van der Waals surface area contributed by atoms with Crippen LogP contribution < -0.4 is 14.4 Å². The van der Waals surface area contributed by atoms with Crippen LogP contribution in [0.1, 0.15) is 79.8 Å². The van der Waals surface area contributed by atoms with Gasteiger partial charge in [-0.25, -0.2) is 13.1 Å². The van der Waals surface area contributed by atoms with Gasteiger partial charge >= 0.3 is 0 Å². The maximum atomic E-state index is 13.9. The Bertz CT molecular complexity index is 1610. The maximum Gasteiger partial charge on any atom is 0.264 e. The molecule has 7 rings (SSSR count). The van der Waals surface area contributed by atoms with Crippen LogP contribution in [0, 0.1) is 17.8 Å². The molecule has 1 amide bonds. The number of fused-ring (bicyclic) bond motifs is 4. The SMILES string of the molecule is CC1CC=CC(O)C2CC[C@H]2CN2CC3(CCCc4cc(Cl)ccc43)COc3ccc(cc32)C(=O)NS(=O)(=O)[C@H]1C[C@H]1CCCO1. The minimum Gasteiger partial charge on any atom is -0.490 e. The van der Waals surface area contributed by atoms with Crippen LogP contribution in [0.15, 0.2) is 48.6 Å². The van der Waals surface area contributed by atoms with Crippen molar-refractivity contribution in [1.29, 1.82) is 0 Å². The van der Waals surface area contributed by atoms with E-state index in [2.05, 4.69) is 21.8 Å². The smallest absolute Gasteiger partial charge is 0.264 e. The molecule has 248 valence electrons. The summed E-state index contributed by atoms with van der Waals surface area (Å²) in [6, 6.07) is 11.4. The third kappa shape index (κ3) is 6.20. The van der Waals surface area contributed by atoms with E-state index in [0.29, 0.717) is 44.9 Å². The molecule has 1 saturated carbocycles. The van der Waals surface area contributed by atoms with E-state index in [4.69, 9.17) is 21.1 Å². The van der Waals surface area contributed by atoms with Crippen LogP contribution in [0.3, 0.4) is 0 Å². The second kappa shape index (κ2) is 12.8. The number of ether oxygens (including phenoxy) is 2. The number of aliphatic hydroxyl groups excluding tert-OH is 1. The van der Waals surface area contributed by atoms with Gasteiger partial charge in [-0.15, -0.1) is 0 Å². The Balaban J connectivity index is 1.27. The van der Waals surface area contributed by atoms with E-state index in [0.717, 1.165) is 55.7 Å². The Hall–Kier alpha value is -2.59. The Labute approximate surface area is 277 Å². The lowest BCUT2D eigenvalue weighted by molar-refractivity contribution is 0.0455. The molecule has 2 N–H and O–H groups in total. The molecule has 5 aliphatic rings. The summed E-state index contributed by atoms with van der Waals surface area (Å²) in [5, 5.41) is 11.2. The van der Waals surface area contributed by atoms with Gasteiger partial charge in [0.15, 0.2) is 0 Å². The van der Waals surface area contributed by atoms with Crippen LogP contribution in [0.25, 0.3) is 0 Å². The van der Waals surface area contributed by atoms with Gasteiger partial charge in [0.05, 0.1) is 29.8 Å². The second-order valence-corrected chi connectivity index (χ2v) is 16.6. The van der Waals surface area contributed by atoms with Crippen molar-refractivity contribution < 1.29 is 27.8 Å². The normalized spacial score (nSPS) is 34.1. The van der Waals surface area contributed by atoms with E-state index in [1.165, 1.54) is 11.1 Å². The van der Waals surface area contributed by atoms with Gasteiger partial charge < -0.3 is 19.5 Å². The van der Waals surface area contributed by atoms with Crippen molar-refractivity contribution in [3.8, 4) is 5.75 Å². The molecule has 0 aromatic heterocycles. The number of anilines is 1. The van der Waals surface area contributed by atoms with Crippen molar-refractivity contribution in [2.24, 2.45) is 17.8 Å². The number of hydrogen-bond donors (Lipinski definition) is 2. The minimum absolute atomic E-state index is 0.110. The summed E-state index contributed by atoms with van der Waals surface area (Å²) in [5.74, 6) is 0.149. The van der Waals surface area contributed by atoms with Crippen LogP contribution in [0.4, 0.5) is 5.69 Å². The fourth-order valence-corrected chi connectivity index (χ4v) is 10.5. The molecule has 1 saturated heterocycles. The van der Waals surface area contributed by atoms with Gasteiger partial charge in [0.2, 0.25) is 10.0 Å². The van der Waals surface area contributed by atoms with E-state index >= 15 is 0 Å². The van der Waals surface area contributed by atoms with Crippen molar-refractivity contribution in [1.82, 2.24) is 4.72 Å². The monoisotopic (exact) mass is 668 g/mol. The molecule has 2 bridgehead atoms. The number of hydrogen-bond acceptors (Lipinski definition) is 7. The molecule has 3 heterocycles. The predicted molar refractivity (Wildman–Crippen MR) is 179 cm³/mol. The van der Waals surface area contributed by atoms with Gasteiger partial charge in [0, 0.05) is 35.7 Å². The Morgan fingerprint density at radius 1 is 1.13 bits per heavy atom. The summed E-state index contributed by atoms with van der Waals surface area (Å²) in [6.45, 7) is 4.42.